The summed E-state index contributed by atoms with van der Waals surface area (Å²) in [5, 5.41) is 13.9. The third kappa shape index (κ3) is 4.11. The van der Waals surface area contributed by atoms with Crippen LogP contribution in [0.2, 0.25) is 5.28 Å². The molecule has 0 unspecified atom stereocenters. The first-order chi connectivity index (χ1) is 12.6. The Morgan fingerprint density at radius 2 is 1.88 bits per heavy atom. The van der Waals surface area contributed by atoms with Crippen LogP contribution in [-0.4, -0.2) is 25.8 Å². The predicted octanol–water partition coefficient (Wildman–Crippen LogP) is 4.69. The minimum atomic E-state index is -0.928. The highest BCUT2D eigenvalue weighted by atomic mass is 35.5. The second kappa shape index (κ2) is 8.15. The van der Waals surface area contributed by atoms with E-state index in [1.54, 1.807) is 12.1 Å². The highest BCUT2D eigenvalue weighted by Crippen LogP contribution is 2.24. The zero-order valence-electron chi connectivity index (χ0n) is 14.5. The summed E-state index contributed by atoms with van der Waals surface area (Å²) in [6.45, 7) is 2.72. The highest BCUT2D eigenvalue weighted by molar-refractivity contribution is 6.28. The van der Waals surface area contributed by atoms with Crippen LogP contribution in [0, 0.1) is 0 Å². The molecule has 0 fully saturated rings. The van der Waals surface area contributed by atoms with Crippen molar-refractivity contribution in [2.45, 2.75) is 32.7 Å². The van der Waals surface area contributed by atoms with E-state index in [1.165, 1.54) is 0 Å². The lowest BCUT2D eigenvalue weighted by atomic mass is 9.99. The van der Waals surface area contributed by atoms with Crippen molar-refractivity contribution in [3.63, 3.8) is 0 Å². The molecule has 3 rings (SSSR count). The molecule has 0 aliphatic carbocycles. The van der Waals surface area contributed by atoms with Crippen LogP contribution in [0.15, 0.2) is 48.5 Å². The molecule has 0 radical (unpaired) electrons. The van der Waals surface area contributed by atoms with Gasteiger partial charge in [0.2, 0.25) is 5.28 Å². The average Bonchev–Trinajstić information content (AvgIpc) is 2.99. The Balaban J connectivity index is 1.82. The Kier molecular flexibility index (Phi) is 5.68. The van der Waals surface area contributed by atoms with Crippen LogP contribution < -0.4 is 0 Å². The number of carbonyl (C=O) groups is 1. The Hall–Kier alpha value is -2.66. The fourth-order valence-corrected chi connectivity index (χ4v) is 3.06. The Labute approximate surface area is 157 Å². The third-order valence-electron chi connectivity index (χ3n) is 4.23. The van der Waals surface area contributed by atoms with Gasteiger partial charge in [0.1, 0.15) is 5.82 Å². The molecular weight excluding hydrogens is 350 g/mol. The molecule has 0 saturated heterocycles. The first-order valence-corrected chi connectivity index (χ1v) is 8.97. The summed E-state index contributed by atoms with van der Waals surface area (Å²) in [5.41, 5.74) is 2.93. The zero-order chi connectivity index (χ0) is 18.5. The van der Waals surface area contributed by atoms with Crippen LogP contribution in [0.1, 0.15) is 41.5 Å². The van der Waals surface area contributed by atoms with E-state index in [9.17, 15) is 9.90 Å². The van der Waals surface area contributed by atoms with Crippen molar-refractivity contribution in [2.24, 2.45) is 0 Å². The van der Waals surface area contributed by atoms with Gasteiger partial charge < -0.3 is 5.11 Å². The topological polar surface area (TPSA) is 68.0 Å². The van der Waals surface area contributed by atoms with Gasteiger partial charge in [-0.1, -0.05) is 55.8 Å². The molecule has 0 aliphatic rings. The smallest absolute Gasteiger partial charge is 0.336 e. The van der Waals surface area contributed by atoms with Crippen molar-refractivity contribution in [3.8, 4) is 11.1 Å². The third-order valence-corrected chi connectivity index (χ3v) is 4.39. The van der Waals surface area contributed by atoms with Crippen molar-refractivity contribution in [1.82, 2.24) is 14.8 Å². The quantitative estimate of drug-likeness (QED) is 0.656. The molecule has 134 valence electrons. The highest BCUT2D eigenvalue weighted by Gasteiger charge is 2.12. The van der Waals surface area contributed by atoms with E-state index in [1.807, 2.05) is 41.1 Å². The maximum atomic E-state index is 11.4. The molecule has 1 N–H and O–H groups in total. The molecule has 0 bridgehead atoms. The van der Waals surface area contributed by atoms with Crippen molar-refractivity contribution in [3.05, 3.63) is 70.8 Å². The van der Waals surface area contributed by atoms with Gasteiger partial charge in [0.25, 0.3) is 0 Å². The lowest BCUT2D eigenvalue weighted by Crippen LogP contribution is -2.07. The van der Waals surface area contributed by atoms with Crippen LogP contribution in [0.4, 0.5) is 0 Å². The Morgan fingerprint density at radius 3 is 2.58 bits per heavy atom. The summed E-state index contributed by atoms with van der Waals surface area (Å²) in [6.07, 6.45) is 2.97. The van der Waals surface area contributed by atoms with Gasteiger partial charge in [-0.15, -0.1) is 5.10 Å². The maximum Gasteiger partial charge on any atom is 0.336 e. The van der Waals surface area contributed by atoms with Crippen molar-refractivity contribution in [2.75, 3.05) is 0 Å². The predicted molar refractivity (Wildman–Crippen MR) is 102 cm³/mol. The molecule has 1 heterocycles. The van der Waals surface area contributed by atoms with Crippen molar-refractivity contribution >= 4 is 17.6 Å². The van der Waals surface area contributed by atoms with E-state index < -0.39 is 5.97 Å². The van der Waals surface area contributed by atoms with Gasteiger partial charge in [-0.3, -0.25) is 0 Å². The molecule has 26 heavy (non-hydrogen) atoms. The second-order valence-electron chi connectivity index (χ2n) is 6.11. The molecule has 1 aromatic heterocycles. The number of rotatable bonds is 7. The molecule has 0 amide bonds. The minimum Gasteiger partial charge on any atom is -0.478 e. The number of carboxylic acids is 1. The van der Waals surface area contributed by atoms with E-state index in [0.717, 1.165) is 36.2 Å². The number of unbranched alkanes of at least 4 members (excludes halogenated alkanes) is 1. The van der Waals surface area contributed by atoms with Gasteiger partial charge in [-0.2, -0.15) is 0 Å². The first-order valence-electron chi connectivity index (χ1n) is 8.59. The fourth-order valence-electron chi connectivity index (χ4n) is 2.87. The number of halogens is 1. The summed E-state index contributed by atoms with van der Waals surface area (Å²) in [7, 11) is 0. The summed E-state index contributed by atoms with van der Waals surface area (Å²) < 4.78 is 1.83. The molecule has 0 aliphatic heterocycles. The number of hydrogen-bond donors (Lipinski definition) is 1. The number of aromatic nitrogens is 3. The summed E-state index contributed by atoms with van der Waals surface area (Å²) in [4.78, 5) is 15.7. The van der Waals surface area contributed by atoms with E-state index in [4.69, 9.17) is 11.6 Å². The lowest BCUT2D eigenvalue weighted by Gasteiger charge is -2.09. The number of aryl methyl sites for hydroxylation is 1. The average molecular weight is 370 g/mol. The Morgan fingerprint density at radius 1 is 1.15 bits per heavy atom. The van der Waals surface area contributed by atoms with Gasteiger partial charge in [0.15, 0.2) is 0 Å². The summed E-state index contributed by atoms with van der Waals surface area (Å²) in [6, 6.07) is 14.8. The normalized spacial score (nSPS) is 10.8. The molecular formula is C20H20ClN3O2. The van der Waals surface area contributed by atoms with Crippen molar-refractivity contribution < 1.29 is 9.90 Å². The number of carboxylic acid groups (broad SMARTS) is 1. The molecule has 3 aromatic rings. The molecule has 0 atom stereocenters. The van der Waals surface area contributed by atoms with Gasteiger partial charge in [0.05, 0.1) is 12.1 Å². The monoisotopic (exact) mass is 369 g/mol. The fraction of sp³-hybridized carbons (Fsp3) is 0.250. The van der Waals surface area contributed by atoms with Crippen LogP contribution in [-0.2, 0) is 13.0 Å². The molecule has 0 spiro atoms. The van der Waals surface area contributed by atoms with Crippen LogP contribution in [0.25, 0.3) is 11.1 Å². The number of hydrogen-bond acceptors (Lipinski definition) is 3. The SMILES string of the molecule is CCCCc1nc(Cl)nn1Cc1ccc(-c2ccccc2C(=O)O)cc1. The standard InChI is InChI=1S/C20H20ClN3O2/c1-2-3-8-18-22-20(21)23-24(18)13-14-9-11-15(12-10-14)16-6-4-5-7-17(16)19(25)26/h4-7,9-12H,2-3,8,13H2,1H3,(H,25,26). The van der Waals surface area contributed by atoms with Gasteiger partial charge >= 0.3 is 5.97 Å². The Bertz CT molecular complexity index is 904. The van der Waals surface area contributed by atoms with E-state index in [2.05, 4.69) is 17.0 Å². The molecule has 5 nitrogen and oxygen atoms in total. The van der Waals surface area contributed by atoms with Crippen molar-refractivity contribution in [1.29, 1.82) is 0 Å². The van der Waals surface area contributed by atoms with E-state index in [-0.39, 0.29) is 5.28 Å². The van der Waals surface area contributed by atoms with Gasteiger partial charge in [-0.25, -0.2) is 14.5 Å². The molecule has 6 heteroatoms. The van der Waals surface area contributed by atoms with Crippen LogP contribution in [0.5, 0.6) is 0 Å². The zero-order valence-corrected chi connectivity index (χ0v) is 15.3. The number of aromatic carboxylic acids is 1. The summed E-state index contributed by atoms with van der Waals surface area (Å²) >= 11 is 5.96. The van der Waals surface area contributed by atoms with Crippen LogP contribution in [0.3, 0.4) is 0 Å². The number of benzene rings is 2. The largest absolute Gasteiger partial charge is 0.478 e. The van der Waals surface area contributed by atoms with E-state index in [0.29, 0.717) is 17.7 Å². The molecule has 2 aromatic carbocycles. The number of nitrogens with zero attached hydrogens (tertiary/aromatic N) is 3. The second-order valence-corrected chi connectivity index (χ2v) is 6.44. The van der Waals surface area contributed by atoms with Gasteiger partial charge in [-0.05, 0) is 40.8 Å². The van der Waals surface area contributed by atoms with Gasteiger partial charge in [0, 0.05) is 6.42 Å². The minimum absolute atomic E-state index is 0.267. The molecule has 0 saturated carbocycles. The summed E-state index contributed by atoms with van der Waals surface area (Å²) in [5.74, 6) is -0.0420. The van der Waals surface area contributed by atoms with Crippen LogP contribution >= 0.6 is 11.6 Å². The maximum absolute atomic E-state index is 11.4. The lowest BCUT2D eigenvalue weighted by molar-refractivity contribution is 0.0697. The van der Waals surface area contributed by atoms with E-state index >= 15 is 0 Å². The first kappa shape index (κ1) is 18.1.